The number of nitrogens with one attached hydrogen (secondary N) is 1. The van der Waals surface area contributed by atoms with Crippen molar-refractivity contribution in [1.29, 1.82) is 0 Å². The summed E-state index contributed by atoms with van der Waals surface area (Å²) in [5.41, 5.74) is 1.92. The number of nitrogens with zero attached hydrogens (tertiary/aromatic N) is 3. The fourth-order valence-corrected chi connectivity index (χ4v) is 1.84. The molecule has 1 aromatic heterocycles. The van der Waals surface area contributed by atoms with E-state index in [0.717, 1.165) is 15.7 Å². The fourth-order valence-electron chi connectivity index (χ4n) is 1.46. The second-order valence-electron chi connectivity index (χ2n) is 3.93. The first-order chi connectivity index (χ1) is 8.65. The maximum Gasteiger partial charge on any atom is 0.226 e. The summed E-state index contributed by atoms with van der Waals surface area (Å²) < 4.78 is 2.61. The summed E-state index contributed by atoms with van der Waals surface area (Å²) in [5.74, 6) is -0.0405. The van der Waals surface area contributed by atoms with E-state index in [1.807, 2.05) is 25.1 Å². The predicted octanol–water partition coefficient (Wildman–Crippen LogP) is 2.38. The van der Waals surface area contributed by atoms with E-state index in [1.165, 1.54) is 0 Å². The van der Waals surface area contributed by atoms with Crippen LogP contribution in [-0.2, 0) is 11.3 Å². The Bertz CT molecular complexity index is 539. The van der Waals surface area contributed by atoms with E-state index in [1.54, 1.807) is 17.1 Å². The molecule has 0 spiro atoms. The van der Waals surface area contributed by atoms with E-state index in [9.17, 15) is 4.79 Å². The average Bonchev–Trinajstić information content (AvgIpc) is 2.84. The molecule has 0 unspecified atom stereocenters. The second-order valence-corrected chi connectivity index (χ2v) is 4.78. The maximum atomic E-state index is 11.7. The predicted molar refractivity (Wildman–Crippen MR) is 72.1 cm³/mol. The molecular weight excluding hydrogens is 296 g/mol. The first-order valence-corrected chi connectivity index (χ1v) is 6.34. The summed E-state index contributed by atoms with van der Waals surface area (Å²) in [6, 6.07) is 5.73. The number of aryl methyl sites for hydroxylation is 2. The van der Waals surface area contributed by atoms with Crippen LogP contribution >= 0.6 is 15.9 Å². The minimum atomic E-state index is -0.0405. The Morgan fingerprint density at radius 2 is 2.33 bits per heavy atom. The Balaban J connectivity index is 1.88. The molecule has 0 atom stereocenters. The van der Waals surface area contributed by atoms with Gasteiger partial charge in [0.05, 0.1) is 12.7 Å². The summed E-state index contributed by atoms with van der Waals surface area (Å²) in [4.78, 5) is 11.7. The molecule has 0 bridgehead atoms. The van der Waals surface area contributed by atoms with Crippen LogP contribution in [0.15, 0.2) is 35.1 Å². The van der Waals surface area contributed by atoms with Gasteiger partial charge in [0.2, 0.25) is 5.91 Å². The number of carbonyl (C=O) groups excluding carboxylic acids is 1. The highest BCUT2D eigenvalue weighted by Gasteiger charge is 2.04. The molecule has 2 rings (SSSR count). The molecule has 0 saturated carbocycles. The zero-order chi connectivity index (χ0) is 13.0. The molecule has 0 aliphatic heterocycles. The SMILES string of the molecule is Cc1ccc(NC(=O)CCn2ccnn2)cc1Br. The van der Waals surface area contributed by atoms with Crippen molar-refractivity contribution >= 4 is 27.5 Å². The highest BCUT2D eigenvalue weighted by molar-refractivity contribution is 9.10. The highest BCUT2D eigenvalue weighted by atomic mass is 79.9. The Labute approximate surface area is 113 Å². The lowest BCUT2D eigenvalue weighted by Crippen LogP contribution is -2.14. The molecule has 0 saturated heterocycles. The second kappa shape index (κ2) is 5.77. The van der Waals surface area contributed by atoms with Crippen molar-refractivity contribution in [1.82, 2.24) is 15.0 Å². The van der Waals surface area contributed by atoms with Gasteiger partial charge in [-0.05, 0) is 24.6 Å². The van der Waals surface area contributed by atoms with Crippen LogP contribution in [0.2, 0.25) is 0 Å². The Kier molecular flexibility index (Phi) is 4.09. The normalized spacial score (nSPS) is 10.3. The van der Waals surface area contributed by atoms with E-state index >= 15 is 0 Å². The molecule has 18 heavy (non-hydrogen) atoms. The summed E-state index contributed by atoms with van der Waals surface area (Å²) in [7, 11) is 0. The molecule has 1 aromatic carbocycles. The lowest BCUT2D eigenvalue weighted by Gasteiger charge is -2.06. The van der Waals surface area contributed by atoms with Crippen LogP contribution in [0, 0.1) is 6.92 Å². The smallest absolute Gasteiger partial charge is 0.226 e. The van der Waals surface area contributed by atoms with Crippen LogP contribution in [0.4, 0.5) is 5.69 Å². The summed E-state index contributed by atoms with van der Waals surface area (Å²) in [6.07, 6.45) is 3.69. The highest BCUT2D eigenvalue weighted by Crippen LogP contribution is 2.20. The van der Waals surface area contributed by atoms with Crippen molar-refractivity contribution in [2.75, 3.05) is 5.32 Å². The van der Waals surface area contributed by atoms with E-state index in [-0.39, 0.29) is 5.91 Å². The van der Waals surface area contributed by atoms with Gasteiger partial charge in [-0.2, -0.15) is 0 Å². The van der Waals surface area contributed by atoms with Crippen molar-refractivity contribution in [3.8, 4) is 0 Å². The number of hydrogen-bond acceptors (Lipinski definition) is 3. The van der Waals surface area contributed by atoms with Crippen LogP contribution in [0.3, 0.4) is 0 Å². The Morgan fingerprint density at radius 1 is 1.50 bits per heavy atom. The van der Waals surface area contributed by atoms with Crippen molar-refractivity contribution < 1.29 is 4.79 Å². The van der Waals surface area contributed by atoms with Gasteiger partial charge in [-0.1, -0.05) is 27.2 Å². The lowest BCUT2D eigenvalue weighted by atomic mass is 10.2. The minimum Gasteiger partial charge on any atom is -0.326 e. The molecule has 5 nitrogen and oxygen atoms in total. The van der Waals surface area contributed by atoms with Gasteiger partial charge in [0, 0.05) is 22.8 Å². The van der Waals surface area contributed by atoms with Crippen molar-refractivity contribution in [2.45, 2.75) is 19.9 Å². The lowest BCUT2D eigenvalue weighted by molar-refractivity contribution is -0.116. The van der Waals surface area contributed by atoms with Crippen molar-refractivity contribution in [3.05, 3.63) is 40.6 Å². The van der Waals surface area contributed by atoms with Gasteiger partial charge in [-0.25, -0.2) is 0 Å². The Hall–Kier alpha value is -1.69. The molecule has 0 aliphatic rings. The molecule has 0 fully saturated rings. The van der Waals surface area contributed by atoms with Crippen LogP contribution < -0.4 is 5.32 Å². The van der Waals surface area contributed by atoms with Gasteiger partial charge in [0.15, 0.2) is 0 Å². The number of aromatic nitrogens is 3. The van der Waals surface area contributed by atoms with Gasteiger partial charge in [-0.15, -0.1) is 5.10 Å². The molecule has 0 aliphatic carbocycles. The summed E-state index contributed by atoms with van der Waals surface area (Å²) in [5, 5.41) is 10.3. The summed E-state index contributed by atoms with van der Waals surface area (Å²) >= 11 is 3.43. The largest absolute Gasteiger partial charge is 0.326 e. The van der Waals surface area contributed by atoms with E-state index < -0.39 is 0 Å². The molecule has 1 N–H and O–H groups in total. The van der Waals surface area contributed by atoms with Gasteiger partial charge in [0.25, 0.3) is 0 Å². The van der Waals surface area contributed by atoms with Gasteiger partial charge >= 0.3 is 0 Å². The number of anilines is 1. The zero-order valence-electron chi connectivity index (χ0n) is 9.93. The summed E-state index contributed by atoms with van der Waals surface area (Å²) in [6.45, 7) is 2.53. The molecule has 6 heteroatoms. The topological polar surface area (TPSA) is 59.8 Å². The van der Waals surface area contributed by atoms with E-state index in [2.05, 4.69) is 31.6 Å². The third-order valence-corrected chi connectivity index (χ3v) is 3.35. The maximum absolute atomic E-state index is 11.7. The number of amides is 1. The number of carbonyl (C=O) groups is 1. The van der Waals surface area contributed by atoms with Crippen LogP contribution in [0.25, 0.3) is 0 Å². The minimum absolute atomic E-state index is 0.0405. The zero-order valence-corrected chi connectivity index (χ0v) is 11.5. The van der Waals surface area contributed by atoms with E-state index in [0.29, 0.717) is 13.0 Å². The first kappa shape index (κ1) is 12.8. The fraction of sp³-hybridized carbons (Fsp3) is 0.250. The van der Waals surface area contributed by atoms with Gasteiger partial charge in [-0.3, -0.25) is 9.48 Å². The number of hydrogen-bond donors (Lipinski definition) is 1. The molecule has 94 valence electrons. The monoisotopic (exact) mass is 308 g/mol. The molecule has 0 radical (unpaired) electrons. The average molecular weight is 309 g/mol. The number of halogens is 1. The van der Waals surface area contributed by atoms with Crippen LogP contribution in [0.1, 0.15) is 12.0 Å². The molecule has 1 amide bonds. The third kappa shape index (κ3) is 3.40. The number of benzene rings is 1. The van der Waals surface area contributed by atoms with E-state index in [4.69, 9.17) is 0 Å². The van der Waals surface area contributed by atoms with Crippen LogP contribution in [0.5, 0.6) is 0 Å². The van der Waals surface area contributed by atoms with Crippen LogP contribution in [-0.4, -0.2) is 20.9 Å². The Morgan fingerprint density at radius 3 is 3.00 bits per heavy atom. The van der Waals surface area contributed by atoms with Gasteiger partial charge in [0.1, 0.15) is 0 Å². The molecule has 2 aromatic rings. The van der Waals surface area contributed by atoms with Crippen molar-refractivity contribution in [2.24, 2.45) is 0 Å². The molecule has 1 heterocycles. The standard InChI is InChI=1S/C12H13BrN4O/c1-9-2-3-10(8-11(9)13)15-12(18)4-6-17-7-5-14-16-17/h2-3,5,7-8H,4,6H2,1H3,(H,15,18). The van der Waals surface area contributed by atoms with Gasteiger partial charge < -0.3 is 5.32 Å². The third-order valence-electron chi connectivity index (χ3n) is 2.50. The first-order valence-electron chi connectivity index (χ1n) is 5.55. The number of rotatable bonds is 4. The van der Waals surface area contributed by atoms with Crippen molar-refractivity contribution in [3.63, 3.8) is 0 Å². The quantitative estimate of drug-likeness (QED) is 0.943. The molecular formula is C12H13BrN4O.